The lowest BCUT2D eigenvalue weighted by Crippen LogP contribution is -2.09. The van der Waals surface area contributed by atoms with E-state index in [9.17, 15) is 0 Å². The normalized spacial score (nSPS) is 11.5. The number of fused-ring (bicyclic) bond motifs is 6. The Morgan fingerprint density at radius 1 is 0.261 bits per heavy atom. The fourth-order valence-electron chi connectivity index (χ4n) is 6.51. The lowest BCUT2D eigenvalue weighted by Gasteiger charge is -2.25. The molecule has 4 heteroatoms. The van der Waals surface area contributed by atoms with Crippen molar-refractivity contribution in [1.82, 2.24) is 0 Å². The van der Waals surface area contributed by atoms with E-state index >= 15 is 0 Å². The van der Waals surface area contributed by atoms with Crippen molar-refractivity contribution in [1.29, 1.82) is 0 Å². The van der Waals surface area contributed by atoms with Crippen molar-refractivity contribution in [3.63, 3.8) is 0 Å². The third kappa shape index (κ3) is 4.39. The molecule has 0 saturated carbocycles. The SMILES string of the molecule is c1ccc(N(c2ccccc2)c2ccc3c(c2)oc2ccc(N(c4ccccc4)c4ccc5c(c4)oc4ccccc45)cc23)cc1. The van der Waals surface area contributed by atoms with Crippen LogP contribution in [0.1, 0.15) is 0 Å². The van der Waals surface area contributed by atoms with Gasteiger partial charge in [0.1, 0.15) is 22.3 Å². The zero-order chi connectivity index (χ0) is 30.5. The van der Waals surface area contributed by atoms with Crippen LogP contribution >= 0.6 is 0 Å². The summed E-state index contributed by atoms with van der Waals surface area (Å²) in [6.45, 7) is 0. The van der Waals surface area contributed by atoms with E-state index in [-0.39, 0.29) is 0 Å². The van der Waals surface area contributed by atoms with E-state index in [1.54, 1.807) is 0 Å². The lowest BCUT2D eigenvalue weighted by atomic mass is 10.1. The maximum absolute atomic E-state index is 6.49. The van der Waals surface area contributed by atoms with Gasteiger partial charge < -0.3 is 18.6 Å². The fraction of sp³-hybridized carbons (Fsp3) is 0. The molecule has 0 saturated heterocycles. The molecule has 46 heavy (non-hydrogen) atoms. The van der Waals surface area contributed by atoms with Gasteiger partial charge >= 0.3 is 0 Å². The molecule has 0 spiro atoms. The van der Waals surface area contributed by atoms with E-state index in [0.29, 0.717) is 0 Å². The number of benzene rings is 7. The molecule has 0 aliphatic heterocycles. The van der Waals surface area contributed by atoms with Crippen LogP contribution in [0.3, 0.4) is 0 Å². The zero-order valence-corrected chi connectivity index (χ0v) is 24.9. The van der Waals surface area contributed by atoms with Crippen molar-refractivity contribution in [2.45, 2.75) is 0 Å². The van der Waals surface area contributed by atoms with Crippen LogP contribution < -0.4 is 9.80 Å². The third-order valence-electron chi connectivity index (χ3n) is 8.62. The molecule has 0 N–H and O–H groups in total. The van der Waals surface area contributed by atoms with Crippen LogP contribution in [0.15, 0.2) is 179 Å². The smallest absolute Gasteiger partial charge is 0.137 e. The molecule has 0 bridgehead atoms. The van der Waals surface area contributed by atoms with Crippen LogP contribution in [0.2, 0.25) is 0 Å². The molecule has 0 atom stereocenters. The molecule has 2 heterocycles. The topological polar surface area (TPSA) is 32.8 Å². The first-order chi connectivity index (χ1) is 22.8. The Hall–Kier alpha value is -6.26. The monoisotopic (exact) mass is 592 g/mol. The highest BCUT2D eigenvalue weighted by molar-refractivity contribution is 6.09. The number of furan rings is 2. The third-order valence-corrected chi connectivity index (χ3v) is 8.62. The summed E-state index contributed by atoms with van der Waals surface area (Å²) >= 11 is 0. The molecule has 0 radical (unpaired) electrons. The van der Waals surface area contributed by atoms with Crippen LogP contribution in [0.5, 0.6) is 0 Å². The minimum absolute atomic E-state index is 0.844. The van der Waals surface area contributed by atoms with Crippen LogP contribution in [0.25, 0.3) is 43.9 Å². The first-order valence-electron chi connectivity index (χ1n) is 15.4. The van der Waals surface area contributed by atoms with Gasteiger partial charge in [0.25, 0.3) is 0 Å². The molecule has 0 fully saturated rings. The molecule has 0 unspecified atom stereocenters. The molecule has 2 aromatic heterocycles. The van der Waals surface area contributed by atoms with E-state index in [4.69, 9.17) is 8.83 Å². The number of hydrogen-bond acceptors (Lipinski definition) is 4. The van der Waals surface area contributed by atoms with Gasteiger partial charge in [-0.3, -0.25) is 0 Å². The zero-order valence-electron chi connectivity index (χ0n) is 24.9. The van der Waals surface area contributed by atoms with Gasteiger partial charge in [0, 0.05) is 67.8 Å². The Balaban J connectivity index is 1.18. The maximum atomic E-state index is 6.49. The van der Waals surface area contributed by atoms with Gasteiger partial charge in [-0.05, 0) is 84.9 Å². The van der Waals surface area contributed by atoms with Crippen LogP contribution in [0.4, 0.5) is 34.1 Å². The highest BCUT2D eigenvalue weighted by Crippen LogP contribution is 2.42. The lowest BCUT2D eigenvalue weighted by molar-refractivity contribution is 0.668. The predicted molar refractivity (Wildman–Crippen MR) is 190 cm³/mol. The summed E-state index contributed by atoms with van der Waals surface area (Å²) in [6, 6.07) is 58.9. The molecule has 9 rings (SSSR count). The molecule has 7 aromatic carbocycles. The molecule has 218 valence electrons. The minimum atomic E-state index is 0.844. The summed E-state index contributed by atoms with van der Waals surface area (Å²) in [6.07, 6.45) is 0. The summed E-state index contributed by atoms with van der Waals surface area (Å²) < 4.78 is 12.8. The molecule has 4 nitrogen and oxygen atoms in total. The second kappa shape index (κ2) is 10.7. The predicted octanol–water partition coefficient (Wildman–Crippen LogP) is 12.4. The quantitative estimate of drug-likeness (QED) is 0.192. The highest BCUT2D eigenvalue weighted by Gasteiger charge is 2.19. The second-order valence-electron chi connectivity index (χ2n) is 11.4. The van der Waals surface area contributed by atoms with Gasteiger partial charge in [-0.15, -0.1) is 0 Å². The Morgan fingerprint density at radius 2 is 0.652 bits per heavy atom. The van der Waals surface area contributed by atoms with Crippen LogP contribution in [0, 0.1) is 0 Å². The van der Waals surface area contributed by atoms with Crippen molar-refractivity contribution in [3.05, 3.63) is 170 Å². The van der Waals surface area contributed by atoms with Crippen molar-refractivity contribution < 1.29 is 8.83 Å². The van der Waals surface area contributed by atoms with Crippen molar-refractivity contribution in [2.75, 3.05) is 9.80 Å². The van der Waals surface area contributed by atoms with E-state index in [1.807, 2.05) is 30.3 Å². The van der Waals surface area contributed by atoms with Gasteiger partial charge in [-0.2, -0.15) is 0 Å². The first kappa shape index (κ1) is 26.2. The largest absolute Gasteiger partial charge is 0.456 e. The van der Waals surface area contributed by atoms with E-state index in [0.717, 1.165) is 78.0 Å². The number of rotatable bonds is 6. The van der Waals surface area contributed by atoms with Gasteiger partial charge in [0.2, 0.25) is 0 Å². The molecule has 0 aliphatic carbocycles. The fourth-order valence-corrected chi connectivity index (χ4v) is 6.51. The number of nitrogens with zero attached hydrogens (tertiary/aromatic N) is 2. The molecule has 9 aromatic rings. The summed E-state index contributed by atoms with van der Waals surface area (Å²) in [5.74, 6) is 0. The average molecular weight is 593 g/mol. The average Bonchev–Trinajstić information content (AvgIpc) is 3.67. The number of anilines is 6. The van der Waals surface area contributed by atoms with Crippen LogP contribution in [-0.2, 0) is 0 Å². The standard InChI is InChI=1S/C42H28N2O2/c1-4-12-29(13-5-1)43(30-14-6-2-7-15-30)33-21-24-37-38-26-32(22-25-40(38)46-42(37)27-33)44(31-16-8-3-9-17-31)34-20-23-36-35-18-10-11-19-39(35)45-41(36)28-34/h1-28H. The van der Waals surface area contributed by atoms with E-state index in [1.165, 1.54) is 0 Å². The first-order valence-corrected chi connectivity index (χ1v) is 15.4. The second-order valence-corrected chi connectivity index (χ2v) is 11.4. The van der Waals surface area contributed by atoms with Crippen molar-refractivity contribution in [3.8, 4) is 0 Å². The molecule has 0 amide bonds. The minimum Gasteiger partial charge on any atom is -0.456 e. The Morgan fingerprint density at radius 3 is 1.22 bits per heavy atom. The summed E-state index contributed by atoms with van der Waals surface area (Å²) in [4.78, 5) is 4.52. The van der Waals surface area contributed by atoms with Gasteiger partial charge in [-0.1, -0.05) is 72.8 Å². The van der Waals surface area contributed by atoms with Crippen molar-refractivity contribution in [2.24, 2.45) is 0 Å². The van der Waals surface area contributed by atoms with Gasteiger partial charge in [0.15, 0.2) is 0 Å². The Kier molecular flexibility index (Phi) is 6.10. The molecular formula is C42H28N2O2. The molecular weight excluding hydrogens is 564 g/mol. The number of hydrogen-bond donors (Lipinski definition) is 0. The Labute approximate surface area is 265 Å². The van der Waals surface area contributed by atoms with Crippen molar-refractivity contribution >= 4 is 78.0 Å². The maximum Gasteiger partial charge on any atom is 0.137 e. The molecule has 0 aliphatic rings. The Bertz CT molecular complexity index is 2440. The summed E-state index contributed by atoms with van der Waals surface area (Å²) in [7, 11) is 0. The highest BCUT2D eigenvalue weighted by atomic mass is 16.3. The van der Waals surface area contributed by atoms with E-state index < -0.39 is 0 Å². The summed E-state index contributed by atoms with van der Waals surface area (Å²) in [5, 5.41) is 4.37. The number of para-hydroxylation sites is 4. The summed E-state index contributed by atoms with van der Waals surface area (Å²) in [5.41, 5.74) is 9.79. The van der Waals surface area contributed by atoms with E-state index in [2.05, 4.69) is 149 Å². The van der Waals surface area contributed by atoms with Gasteiger partial charge in [0.05, 0.1) is 0 Å². The van der Waals surface area contributed by atoms with Crippen LogP contribution in [-0.4, -0.2) is 0 Å². The van der Waals surface area contributed by atoms with Gasteiger partial charge in [-0.25, -0.2) is 0 Å².